The Bertz CT molecular complexity index is 602. The average Bonchev–Trinajstić information content (AvgIpc) is 2.85. The maximum absolute atomic E-state index is 12.5. The lowest BCUT2D eigenvalue weighted by Crippen LogP contribution is -2.24. The van der Waals surface area contributed by atoms with Gasteiger partial charge in [0.05, 0.1) is 5.56 Å². The lowest BCUT2D eigenvalue weighted by Gasteiger charge is -2.07. The minimum atomic E-state index is -4.42. The number of nitrogens with one attached hydrogen (secondary N) is 1. The summed E-state index contributed by atoms with van der Waals surface area (Å²) in [6, 6.07) is 3.13. The third-order valence-corrected chi connectivity index (χ3v) is 3.41. The highest BCUT2D eigenvalue weighted by atomic mass is 32.2. The van der Waals surface area contributed by atoms with Gasteiger partial charge in [-0.2, -0.15) is 18.2 Å². The molecule has 0 bridgehead atoms. The van der Waals surface area contributed by atoms with Crippen LogP contribution in [0.1, 0.15) is 12.7 Å². The summed E-state index contributed by atoms with van der Waals surface area (Å²) >= 11 is -0.301. The number of alkyl halides is 3. The van der Waals surface area contributed by atoms with E-state index in [1.807, 2.05) is 6.92 Å². The number of likely N-dealkylation sites (N-methyl/N-ethyl adjacent to an activating group) is 1. The van der Waals surface area contributed by atoms with E-state index in [2.05, 4.69) is 20.4 Å². The molecule has 1 N–H and O–H groups in total. The van der Waals surface area contributed by atoms with Gasteiger partial charge in [0.1, 0.15) is 5.03 Å². The topological polar surface area (TPSA) is 63.8 Å². The van der Waals surface area contributed by atoms with Crippen LogP contribution >= 0.6 is 11.8 Å². The highest BCUT2D eigenvalue weighted by molar-refractivity contribution is 8.00. The van der Waals surface area contributed by atoms with Gasteiger partial charge in [-0.05, 0) is 26.1 Å². The van der Waals surface area contributed by atoms with Crippen LogP contribution in [0.2, 0.25) is 0 Å². The monoisotopic (exact) mass is 318 g/mol. The van der Waals surface area contributed by atoms with Gasteiger partial charge in [-0.25, -0.2) is 4.98 Å². The van der Waals surface area contributed by atoms with Crippen molar-refractivity contribution < 1.29 is 17.7 Å². The Morgan fingerprint density at radius 3 is 2.86 bits per heavy atom. The fraction of sp³-hybridized carbons (Fsp3) is 0.417. The van der Waals surface area contributed by atoms with Crippen molar-refractivity contribution >= 4 is 11.8 Å². The first-order chi connectivity index (χ1) is 9.89. The maximum Gasteiger partial charge on any atom is 0.447 e. The number of pyridine rings is 1. The molecular formula is C12H13F3N4OS. The fourth-order valence-corrected chi connectivity index (χ4v) is 2.16. The summed E-state index contributed by atoms with van der Waals surface area (Å²) in [6.45, 7) is 1.94. The molecule has 0 amide bonds. The molecule has 2 aromatic heterocycles. The molecule has 21 heavy (non-hydrogen) atoms. The molecule has 1 atom stereocenters. The molecule has 9 heteroatoms. The Labute approximate surface area is 123 Å². The van der Waals surface area contributed by atoms with Crippen molar-refractivity contribution in [1.29, 1.82) is 0 Å². The smallest absolute Gasteiger partial charge is 0.334 e. The molecule has 5 nitrogen and oxygen atoms in total. The van der Waals surface area contributed by atoms with Gasteiger partial charge in [0.25, 0.3) is 5.89 Å². The Kier molecular flexibility index (Phi) is 4.84. The summed E-state index contributed by atoms with van der Waals surface area (Å²) in [6.07, 6.45) is 1.81. The van der Waals surface area contributed by atoms with E-state index in [1.54, 1.807) is 7.05 Å². The highest BCUT2D eigenvalue weighted by Gasteiger charge is 2.32. The zero-order valence-corrected chi connectivity index (χ0v) is 12.1. The number of rotatable bonds is 5. The van der Waals surface area contributed by atoms with Crippen molar-refractivity contribution in [3.63, 3.8) is 0 Å². The van der Waals surface area contributed by atoms with Crippen LogP contribution in [0.15, 0.2) is 27.9 Å². The van der Waals surface area contributed by atoms with E-state index in [0.29, 0.717) is 12.2 Å². The number of aromatic nitrogens is 3. The summed E-state index contributed by atoms with van der Waals surface area (Å²) in [5.41, 5.74) is -4.25. The molecule has 0 fully saturated rings. The van der Waals surface area contributed by atoms with E-state index in [4.69, 9.17) is 4.52 Å². The van der Waals surface area contributed by atoms with Gasteiger partial charge in [-0.15, -0.1) is 0 Å². The van der Waals surface area contributed by atoms with Crippen molar-refractivity contribution in [3.8, 4) is 11.5 Å². The molecule has 0 aliphatic carbocycles. The van der Waals surface area contributed by atoms with Crippen LogP contribution < -0.4 is 5.32 Å². The van der Waals surface area contributed by atoms with Gasteiger partial charge < -0.3 is 9.84 Å². The number of thioether (sulfide) groups is 1. The molecule has 0 saturated heterocycles. The van der Waals surface area contributed by atoms with Crippen LogP contribution in [0.3, 0.4) is 0 Å². The van der Waals surface area contributed by atoms with Crippen LogP contribution in [-0.2, 0) is 6.42 Å². The number of halogens is 3. The third-order valence-electron chi connectivity index (χ3n) is 2.66. The van der Waals surface area contributed by atoms with Gasteiger partial charge in [0.2, 0.25) is 0 Å². The van der Waals surface area contributed by atoms with E-state index in [9.17, 15) is 13.2 Å². The van der Waals surface area contributed by atoms with E-state index < -0.39 is 5.51 Å². The lowest BCUT2D eigenvalue weighted by molar-refractivity contribution is -0.0329. The van der Waals surface area contributed by atoms with Gasteiger partial charge in [-0.1, -0.05) is 5.16 Å². The van der Waals surface area contributed by atoms with Crippen molar-refractivity contribution in [2.24, 2.45) is 0 Å². The van der Waals surface area contributed by atoms with Crippen molar-refractivity contribution in [3.05, 3.63) is 24.2 Å². The lowest BCUT2D eigenvalue weighted by atomic mass is 10.2. The quantitative estimate of drug-likeness (QED) is 0.855. The van der Waals surface area contributed by atoms with Crippen molar-refractivity contribution in [2.45, 2.75) is 29.9 Å². The van der Waals surface area contributed by atoms with Crippen LogP contribution in [0.25, 0.3) is 11.5 Å². The number of hydrogen-bond donors (Lipinski definition) is 1. The van der Waals surface area contributed by atoms with Gasteiger partial charge in [-0.3, -0.25) is 0 Å². The van der Waals surface area contributed by atoms with E-state index in [0.717, 1.165) is 0 Å². The van der Waals surface area contributed by atoms with Gasteiger partial charge in [0.15, 0.2) is 5.82 Å². The molecule has 2 rings (SSSR count). The second-order valence-corrected chi connectivity index (χ2v) is 5.37. The summed E-state index contributed by atoms with van der Waals surface area (Å²) in [7, 11) is 1.80. The van der Waals surface area contributed by atoms with Crippen LogP contribution in [0, 0.1) is 0 Å². The molecule has 0 saturated carbocycles. The predicted molar refractivity (Wildman–Crippen MR) is 71.7 cm³/mol. The normalized spacial score (nSPS) is 13.4. The van der Waals surface area contributed by atoms with Crippen molar-refractivity contribution in [2.75, 3.05) is 7.05 Å². The molecule has 0 aliphatic heterocycles. The molecule has 1 unspecified atom stereocenters. The van der Waals surface area contributed by atoms with E-state index in [-0.39, 0.29) is 34.3 Å². The van der Waals surface area contributed by atoms with Gasteiger partial charge >= 0.3 is 5.51 Å². The second kappa shape index (κ2) is 6.44. The summed E-state index contributed by atoms with van der Waals surface area (Å²) < 4.78 is 42.6. The Balaban J connectivity index is 2.26. The Morgan fingerprint density at radius 1 is 1.43 bits per heavy atom. The third kappa shape index (κ3) is 4.43. The minimum absolute atomic E-state index is 0.0353. The molecule has 0 spiro atoms. The highest BCUT2D eigenvalue weighted by Crippen LogP contribution is 2.39. The zero-order chi connectivity index (χ0) is 15.5. The molecule has 0 radical (unpaired) electrons. The summed E-state index contributed by atoms with van der Waals surface area (Å²) in [5.74, 6) is 0.465. The first kappa shape index (κ1) is 15.8. The summed E-state index contributed by atoms with van der Waals surface area (Å²) in [4.78, 5) is 7.85. The molecule has 2 aromatic rings. The zero-order valence-electron chi connectivity index (χ0n) is 11.3. The number of nitrogens with zero attached hydrogens (tertiary/aromatic N) is 3. The number of hydrogen-bond acceptors (Lipinski definition) is 6. The molecular weight excluding hydrogens is 305 g/mol. The van der Waals surface area contributed by atoms with E-state index in [1.165, 1.54) is 18.3 Å². The maximum atomic E-state index is 12.5. The largest absolute Gasteiger partial charge is 0.447 e. The predicted octanol–water partition coefficient (Wildman–Crippen LogP) is 2.89. The Hall–Kier alpha value is -1.61. The molecule has 0 aliphatic rings. The van der Waals surface area contributed by atoms with Crippen LogP contribution in [0.5, 0.6) is 0 Å². The molecule has 114 valence electrons. The average molecular weight is 318 g/mol. The first-order valence-corrected chi connectivity index (χ1v) is 6.91. The van der Waals surface area contributed by atoms with Crippen LogP contribution in [-0.4, -0.2) is 33.7 Å². The standard InChI is InChI=1S/C12H13F3N4OS/c1-7(16-2)6-9-18-10(20-19-9)8-4-3-5-17-11(8)21-12(13,14)15/h3-5,7,16H,6H2,1-2H3. The first-order valence-electron chi connectivity index (χ1n) is 6.10. The van der Waals surface area contributed by atoms with Crippen molar-refractivity contribution in [1.82, 2.24) is 20.4 Å². The molecule has 0 aromatic carbocycles. The SMILES string of the molecule is CNC(C)Cc1noc(-c2cccnc2SC(F)(F)F)n1. The van der Waals surface area contributed by atoms with Gasteiger partial charge in [0, 0.05) is 30.4 Å². The molecule has 2 heterocycles. The summed E-state index contributed by atoms with van der Waals surface area (Å²) in [5, 5.41) is 6.59. The second-order valence-electron chi connectivity index (χ2n) is 4.31. The Morgan fingerprint density at radius 2 is 2.19 bits per heavy atom. The minimum Gasteiger partial charge on any atom is -0.334 e. The van der Waals surface area contributed by atoms with Crippen LogP contribution in [0.4, 0.5) is 13.2 Å². The fourth-order valence-electron chi connectivity index (χ4n) is 1.57. The van der Waals surface area contributed by atoms with E-state index >= 15 is 0 Å².